The van der Waals surface area contributed by atoms with Crippen LogP contribution in [0.5, 0.6) is 11.5 Å². The number of halogens is 1. The summed E-state index contributed by atoms with van der Waals surface area (Å²) in [6, 6.07) is 6.73. The number of hydrogen-bond donors (Lipinski definition) is 2. The third kappa shape index (κ3) is 4.53. The fourth-order valence-electron chi connectivity index (χ4n) is 1.77. The fourth-order valence-corrected chi connectivity index (χ4v) is 2.23. The lowest BCUT2D eigenvalue weighted by Crippen LogP contribution is -2.17. The van der Waals surface area contributed by atoms with E-state index in [1.165, 1.54) is 12.4 Å². The van der Waals surface area contributed by atoms with Gasteiger partial charge in [0, 0.05) is 11.9 Å². The van der Waals surface area contributed by atoms with E-state index in [0.717, 1.165) is 5.69 Å². The molecule has 0 radical (unpaired) electrons. The molecule has 1 aromatic carbocycles. The van der Waals surface area contributed by atoms with Crippen LogP contribution >= 0.6 is 15.9 Å². The minimum atomic E-state index is -0.350. The first-order chi connectivity index (χ1) is 11.0. The Balaban J connectivity index is 2.08. The molecule has 0 aliphatic heterocycles. The summed E-state index contributed by atoms with van der Waals surface area (Å²) in [4.78, 5) is 16.0. The smallest absolute Gasteiger partial charge is 0.272 e. The molecule has 1 amide bonds. The Morgan fingerprint density at radius 3 is 2.91 bits per heavy atom. The van der Waals surface area contributed by atoms with Gasteiger partial charge in [0.05, 0.1) is 22.9 Å². The standard InChI is InChI=1S/C16H16BrN3O3/c1-3-23-14-7-11(6-13(17)15(14)21)8-19-20-16(22)12-5-4-10(2)18-9-12/h4-9,21H,3H2,1-2H3,(H,20,22)/b19-8+. The van der Waals surface area contributed by atoms with Crippen LogP contribution in [0.2, 0.25) is 0 Å². The number of phenols is 1. The van der Waals surface area contributed by atoms with E-state index in [0.29, 0.717) is 28.0 Å². The lowest BCUT2D eigenvalue weighted by Gasteiger charge is -2.08. The van der Waals surface area contributed by atoms with Crippen LogP contribution in [-0.4, -0.2) is 28.8 Å². The third-order valence-electron chi connectivity index (χ3n) is 2.90. The molecule has 0 saturated heterocycles. The summed E-state index contributed by atoms with van der Waals surface area (Å²) in [5, 5.41) is 13.7. The van der Waals surface area contributed by atoms with Gasteiger partial charge in [0.2, 0.25) is 0 Å². The van der Waals surface area contributed by atoms with Crippen molar-refractivity contribution in [2.45, 2.75) is 13.8 Å². The Morgan fingerprint density at radius 1 is 1.48 bits per heavy atom. The molecule has 0 spiro atoms. The summed E-state index contributed by atoms with van der Waals surface area (Å²) in [7, 11) is 0. The first-order valence-electron chi connectivity index (χ1n) is 6.92. The van der Waals surface area contributed by atoms with Gasteiger partial charge in [-0.2, -0.15) is 5.10 Å². The molecule has 23 heavy (non-hydrogen) atoms. The van der Waals surface area contributed by atoms with Crippen molar-refractivity contribution < 1.29 is 14.6 Å². The van der Waals surface area contributed by atoms with Crippen LogP contribution in [0.15, 0.2) is 40.0 Å². The van der Waals surface area contributed by atoms with E-state index in [-0.39, 0.29) is 11.7 Å². The maximum absolute atomic E-state index is 11.9. The Labute approximate surface area is 142 Å². The fraction of sp³-hybridized carbons (Fsp3) is 0.188. The van der Waals surface area contributed by atoms with Crippen LogP contribution in [0.3, 0.4) is 0 Å². The number of aromatic hydroxyl groups is 1. The summed E-state index contributed by atoms with van der Waals surface area (Å²) in [5.41, 5.74) is 4.35. The molecule has 0 aliphatic rings. The number of hydrazone groups is 1. The molecule has 2 rings (SSSR count). The molecule has 1 aromatic heterocycles. The van der Waals surface area contributed by atoms with Crippen molar-refractivity contribution in [2.24, 2.45) is 5.10 Å². The second kappa shape index (κ2) is 7.73. The molecule has 0 saturated carbocycles. The number of ether oxygens (including phenoxy) is 1. The van der Waals surface area contributed by atoms with Gasteiger partial charge >= 0.3 is 0 Å². The number of aryl methyl sites for hydroxylation is 1. The molecular weight excluding hydrogens is 362 g/mol. The van der Waals surface area contributed by atoms with E-state index >= 15 is 0 Å². The predicted octanol–water partition coefficient (Wildman–Crippen LogP) is 3.02. The van der Waals surface area contributed by atoms with Crippen molar-refractivity contribution in [1.82, 2.24) is 10.4 Å². The van der Waals surface area contributed by atoms with E-state index in [9.17, 15) is 9.90 Å². The number of hydrogen-bond acceptors (Lipinski definition) is 5. The Morgan fingerprint density at radius 2 is 2.26 bits per heavy atom. The third-order valence-corrected chi connectivity index (χ3v) is 3.51. The van der Waals surface area contributed by atoms with Gasteiger partial charge in [-0.15, -0.1) is 0 Å². The summed E-state index contributed by atoms with van der Waals surface area (Å²) in [6.45, 7) is 4.10. The van der Waals surface area contributed by atoms with E-state index in [2.05, 4.69) is 31.4 Å². The maximum Gasteiger partial charge on any atom is 0.272 e. The van der Waals surface area contributed by atoms with E-state index in [1.807, 2.05) is 13.8 Å². The largest absolute Gasteiger partial charge is 0.503 e. The summed E-state index contributed by atoms with van der Waals surface area (Å²) < 4.78 is 5.81. The normalized spacial score (nSPS) is 10.7. The van der Waals surface area contributed by atoms with Gasteiger partial charge in [0.1, 0.15) is 0 Å². The lowest BCUT2D eigenvalue weighted by atomic mass is 10.2. The van der Waals surface area contributed by atoms with Crippen LogP contribution in [0.1, 0.15) is 28.5 Å². The van der Waals surface area contributed by atoms with Crippen molar-refractivity contribution in [3.05, 3.63) is 51.8 Å². The molecule has 0 aliphatic carbocycles. The van der Waals surface area contributed by atoms with Crippen molar-refractivity contribution >= 4 is 28.1 Å². The summed E-state index contributed by atoms with van der Waals surface area (Å²) >= 11 is 3.24. The number of carbonyl (C=O) groups excluding carboxylic acids is 1. The highest BCUT2D eigenvalue weighted by atomic mass is 79.9. The minimum Gasteiger partial charge on any atom is -0.503 e. The molecule has 0 bridgehead atoms. The maximum atomic E-state index is 11.9. The van der Waals surface area contributed by atoms with Gasteiger partial charge in [-0.3, -0.25) is 9.78 Å². The molecule has 0 atom stereocenters. The number of rotatable bonds is 5. The number of nitrogens with one attached hydrogen (secondary N) is 1. The van der Waals surface area contributed by atoms with Crippen molar-refractivity contribution in [3.8, 4) is 11.5 Å². The molecule has 6 nitrogen and oxygen atoms in total. The van der Waals surface area contributed by atoms with Gasteiger partial charge in [0.15, 0.2) is 11.5 Å². The highest BCUT2D eigenvalue weighted by Crippen LogP contribution is 2.34. The highest BCUT2D eigenvalue weighted by Gasteiger charge is 2.08. The number of phenolic OH excluding ortho intramolecular Hbond substituents is 1. The molecule has 7 heteroatoms. The lowest BCUT2D eigenvalue weighted by molar-refractivity contribution is 0.0955. The highest BCUT2D eigenvalue weighted by molar-refractivity contribution is 9.10. The first kappa shape index (κ1) is 17.0. The van der Waals surface area contributed by atoms with Gasteiger partial charge in [-0.1, -0.05) is 0 Å². The molecular formula is C16H16BrN3O3. The Hall–Kier alpha value is -2.41. The van der Waals surface area contributed by atoms with Gasteiger partial charge in [-0.25, -0.2) is 5.43 Å². The molecule has 2 N–H and O–H groups in total. The number of pyridine rings is 1. The van der Waals surface area contributed by atoms with E-state index < -0.39 is 0 Å². The molecule has 0 fully saturated rings. The predicted molar refractivity (Wildman–Crippen MR) is 91.0 cm³/mol. The first-order valence-corrected chi connectivity index (χ1v) is 7.72. The monoisotopic (exact) mass is 377 g/mol. The topological polar surface area (TPSA) is 83.8 Å². The molecule has 0 unspecified atom stereocenters. The van der Waals surface area contributed by atoms with E-state index in [4.69, 9.17) is 4.74 Å². The quantitative estimate of drug-likeness (QED) is 0.619. The Kier molecular flexibility index (Phi) is 5.70. The van der Waals surface area contributed by atoms with Gasteiger partial charge in [0.25, 0.3) is 5.91 Å². The summed E-state index contributed by atoms with van der Waals surface area (Å²) in [6.07, 6.45) is 2.96. The van der Waals surface area contributed by atoms with Crippen LogP contribution in [0, 0.1) is 6.92 Å². The molecule has 120 valence electrons. The van der Waals surface area contributed by atoms with Crippen molar-refractivity contribution in [3.63, 3.8) is 0 Å². The Bertz CT molecular complexity index is 730. The number of carbonyl (C=O) groups is 1. The second-order valence-electron chi connectivity index (χ2n) is 4.67. The average molecular weight is 378 g/mol. The van der Waals surface area contributed by atoms with Gasteiger partial charge < -0.3 is 9.84 Å². The van der Waals surface area contributed by atoms with Crippen LogP contribution < -0.4 is 10.2 Å². The summed E-state index contributed by atoms with van der Waals surface area (Å²) in [5.74, 6) is 0.0211. The molecule has 1 heterocycles. The number of nitrogens with zero attached hydrogens (tertiary/aromatic N) is 2. The molecule has 2 aromatic rings. The number of benzene rings is 1. The SMILES string of the molecule is CCOc1cc(/C=N/NC(=O)c2ccc(C)nc2)cc(Br)c1O. The van der Waals surface area contributed by atoms with Crippen LogP contribution in [0.4, 0.5) is 0 Å². The zero-order valence-corrected chi connectivity index (χ0v) is 14.3. The minimum absolute atomic E-state index is 0.0266. The zero-order chi connectivity index (χ0) is 16.8. The van der Waals surface area contributed by atoms with E-state index in [1.54, 1.807) is 24.3 Å². The van der Waals surface area contributed by atoms with Crippen molar-refractivity contribution in [2.75, 3.05) is 6.61 Å². The average Bonchev–Trinajstić information content (AvgIpc) is 2.53. The van der Waals surface area contributed by atoms with Gasteiger partial charge in [-0.05, 0) is 59.6 Å². The second-order valence-corrected chi connectivity index (χ2v) is 5.52. The van der Waals surface area contributed by atoms with Crippen molar-refractivity contribution in [1.29, 1.82) is 0 Å². The number of amides is 1. The van der Waals surface area contributed by atoms with Crippen LogP contribution in [0.25, 0.3) is 0 Å². The zero-order valence-electron chi connectivity index (χ0n) is 12.7. The van der Waals surface area contributed by atoms with Crippen LogP contribution in [-0.2, 0) is 0 Å². The number of aromatic nitrogens is 1.